The number of rotatable bonds is 0. The van der Waals surface area contributed by atoms with Gasteiger partial charge in [0.05, 0.1) is 6.07 Å². The minimum absolute atomic E-state index is 0.192. The Labute approximate surface area is 80.8 Å². The van der Waals surface area contributed by atoms with Crippen LogP contribution in [0.3, 0.4) is 0 Å². The molecule has 0 amide bonds. The summed E-state index contributed by atoms with van der Waals surface area (Å²) in [7, 11) is -0.715. The quantitative estimate of drug-likeness (QED) is 0.622. The second-order valence-corrected chi connectivity index (χ2v) is 6.17. The van der Waals surface area contributed by atoms with Gasteiger partial charge in [-0.3, -0.25) is 4.21 Å². The topological polar surface area (TPSA) is 66.9 Å². The fourth-order valence-electron chi connectivity index (χ4n) is 2.43. The van der Waals surface area contributed by atoms with Crippen LogP contribution >= 0.6 is 0 Å². The SMILES string of the molecule is N#CC1(N)CC2CCCC(C1)S2=O. The number of nitriles is 1. The average molecular weight is 198 g/mol. The summed E-state index contributed by atoms with van der Waals surface area (Å²) in [5.41, 5.74) is 5.22. The van der Waals surface area contributed by atoms with E-state index in [9.17, 15) is 4.21 Å². The van der Waals surface area contributed by atoms with E-state index in [0.717, 1.165) is 19.3 Å². The molecule has 2 bridgehead atoms. The molecule has 13 heavy (non-hydrogen) atoms. The summed E-state index contributed by atoms with van der Waals surface area (Å²) in [5, 5.41) is 9.30. The average Bonchev–Trinajstić information content (AvgIpc) is 2.08. The maximum Gasteiger partial charge on any atom is 0.106 e. The highest BCUT2D eigenvalue weighted by Crippen LogP contribution is 2.37. The van der Waals surface area contributed by atoms with Crippen LogP contribution in [0.15, 0.2) is 0 Å². The molecule has 0 aromatic carbocycles. The summed E-state index contributed by atoms with van der Waals surface area (Å²) in [6.07, 6.45) is 4.40. The standard InChI is InChI=1S/C9H14N2OS/c10-6-9(11)4-7-2-1-3-8(5-9)13(7)12/h7-8H,1-5,11H2. The van der Waals surface area contributed by atoms with Crippen LogP contribution in [-0.2, 0) is 10.8 Å². The molecule has 0 radical (unpaired) electrons. The van der Waals surface area contributed by atoms with E-state index in [1.54, 1.807) is 0 Å². The van der Waals surface area contributed by atoms with E-state index in [4.69, 9.17) is 11.0 Å². The molecular weight excluding hydrogens is 184 g/mol. The molecule has 72 valence electrons. The lowest BCUT2D eigenvalue weighted by molar-refractivity contribution is 0.364. The van der Waals surface area contributed by atoms with E-state index < -0.39 is 16.3 Å². The Hall–Kier alpha value is -0.400. The van der Waals surface area contributed by atoms with Crippen LogP contribution in [0, 0.1) is 11.3 Å². The second-order valence-electron chi connectivity index (χ2n) is 4.18. The zero-order valence-electron chi connectivity index (χ0n) is 7.53. The van der Waals surface area contributed by atoms with E-state index in [0.29, 0.717) is 12.8 Å². The second kappa shape index (κ2) is 3.07. The van der Waals surface area contributed by atoms with Gasteiger partial charge in [-0.05, 0) is 25.7 Å². The van der Waals surface area contributed by atoms with Crippen molar-refractivity contribution in [2.75, 3.05) is 0 Å². The molecule has 2 fully saturated rings. The minimum Gasteiger partial charge on any atom is -0.313 e. The number of hydrogen-bond donors (Lipinski definition) is 1. The molecule has 0 aromatic rings. The predicted octanol–water partition coefficient (Wildman–Crippen LogP) is 0.671. The van der Waals surface area contributed by atoms with Crippen molar-refractivity contribution in [3.8, 4) is 6.07 Å². The van der Waals surface area contributed by atoms with Crippen molar-refractivity contribution in [3.05, 3.63) is 0 Å². The molecule has 2 N–H and O–H groups in total. The van der Waals surface area contributed by atoms with E-state index in [-0.39, 0.29) is 10.5 Å². The Kier molecular flexibility index (Phi) is 2.17. The van der Waals surface area contributed by atoms with Crippen LogP contribution in [0.2, 0.25) is 0 Å². The fourth-order valence-corrected chi connectivity index (χ4v) is 4.70. The summed E-state index contributed by atoms with van der Waals surface area (Å²) in [6, 6.07) is 2.17. The van der Waals surface area contributed by atoms with Crippen molar-refractivity contribution in [2.24, 2.45) is 5.73 Å². The van der Waals surface area contributed by atoms with Crippen molar-refractivity contribution in [3.63, 3.8) is 0 Å². The number of nitrogens with zero attached hydrogens (tertiary/aromatic N) is 1. The molecule has 0 aromatic heterocycles. The van der Waals surface area contributed by atoms with Crippen LogP contribution in [0.5, 0.6) is 0 Å². The van der Waals surface area contributed by atoms with Gasteiger partial charge in [-0.25, -0.2) is 0 Å². The third-order valence-corrected chi connectivity index (χ3v) is 5.23. The van der Waals surface area contributed by atoms with Gasteiger partial charge in [0.15, 0.2) is 0 Å². The Morgan fingerprint density at radius 2 is 1.92 bits per heavy atom. The smallest absolute Gasteiger partial charge is 0.106 e. The first-order valence-corrected chi connectivity index (χ1v) is 6.02. The predicted molar refractivity (Wildman–Crippen MR) is 51.3 cm³/mol. The molecule has 2 aliphatic rings. The van der Waals surface area contributed by atoms with E-state index >= 15 is 0 Å². The number of nitrogens with two attached hydrogens (primary N) is 1. The molecular formula is C9H14N2OS. The number of fused-ring (bicyclic) bond motifs is 2. The van der Waals surface area contributed by atoms with Gasteiger partial charge in [-0.2, -0.15) is 5.26 Å². The Balaban J connectivity index is 2.22. The van der Waals surface area contributed by atoms with Crippen molar-refractivity contribution in [2.45, 2.75) is 48.1 Å². The Morgan fingerprint density at radius 1 is 1.38 bits per heavy atom. The van der Waals surface area contributed by atoms with E-state index in [2.05, 4.69) is 6.07 Å². The van der Waals surface area contributed by atoms with Gasteiger partial charge in [0.25, 0.3) is 0 Å². The first kappa shape index (κ1) is 9.17. The maximum absolute atomic E-state index is 11.8. The normalized spacial score (nSPS) is 49.7. The molecule has 4 heteroatoms. The lowest BCUT2D eigenvalue weighted by Crippen LogP contribution is -2.53. The molecule has 3 nitrogen and oxygen atoms in total. The highest BCUT2D eigenvalue weighted by atomic mass is 32.2. The van der Waals surface area contributed by atoms with E-state index in [1.807, 2.05) is 0 Å². The summed E-state index contributed by atoms with van der Waals surface area (Å²) in [5.74, 6) is 0. The van der Waals surface area contributed by atoms with Gasteiger partial charge in [-0.15, -0.1) is 0 Å². The van der Waals surface area contributed by atoms with Crippen LogP contribution in [-0.4, -0.2) is 20.2 Å². The van der Waals surface area contributed by atoms with Gasteiger partial charge < -0.3 is 5.73 Å². The van der Waals surface area contributed by atoms with Crippen LogP contribution < -0.4 is 5.73 Å². The summed E-state index contributed by atoms with van der Waals surface area (Å²) < 4.78 is 11.8. The van der Waals surface area contributed by atoms with Gasteiger partial charge in [-0.1, -0.05) is 6.42 Å². The molecule has 2 aliphatic heterocycles. The van der Waals surface area contributed by atoms with Crippen LogP contribution in [0.1, 0.15) is 32.1 Å². The van der Waals surface area contributed by atoms with Crippen LogP contribution in [0.25, 0.3) is 0 Å². The molecule has 2 heterocycles. The zero-order valence-corrected chi connectivity index (χ0v) is 8.35. The Morgan fingerprint density at radius 3 is 2.38 bits per heavy atom. The highest BCUT2D eigenvalue weighted by Gasteiger charge is 2.44. The van der Waals surface area contributed by atoms with Crippen molar-refractivity contribution < 1.29 is 4.21 Å². The summed E-state index contributed by atoms with van der Waals surface area (Å²) >= 11 is 0. The minimum atomic E-state index is -0.715. The van der Waals surface area contributed by atoms with Crippen molar-refractivity contribution >= 4 is 10.8 Å². The molecule has 2 saturated heterocycles. The van der Waals surface area contributed by atoms with Crippen LogP contribution in [0.4, 0.5) is 0 Å². The first-order valence-electron chi connectivity index (χ1n) is 4.74. The summed E-state index contributed by atoms with van der Waals surface area (Å²) in [6.45, 7) is 0. The highest BCUT2D eigenvalue weighted by molar-refractivity contribution is 7.86. The molecule has 0 spiro atoms. The van der Waals surface area contributed by atoms with E-state index in [1.165, 1.54) is 0 Å². The molecule has 0 saturated carbocycles. The molecule has 2 rings (SSSR count). The molecule has 2 atom stereocenters. The lowest BCUT2D eigenvalue weighted by atomic mass is 9.85. The summed E-state index contributed by atoms with van der Waals surface area (Å²) in [4.78, 5) is 0. The largest absolute Gasteiger partial charge is 0.313 e. The third-order valence-electron chi connectivity index (χ3n) is 3.12. The monoisotopic (exact) mass is 198 g/mol. The molecule has 2 unspecified atom stereocenters. The zero-order chi connectivity index (χ0) is 9.47. The number of hydrogen-bond acceptors (Lipinski definition) is 3. The van der Waals surface area contributed by atoms with Crippen molar-refractivity contribution in [1.29, 1.82) is 5.26 Å². The maximum atomic E-state index is 11.8. The Bertz CT molecular complexity index is 268. The van der Waals surface area contributed by atoms with Gasteiger partial charge >= 0.3 is 0 Å². The van der Waals surface area contributed by atoms with Gasteiger partial charge in [0, 0.05) is 21.3 Å². The lowest BCUT2D eigenvalue weighted by Gasteiger charge is -2.40. The van der Waals surface area contributed by atoms with Crippen molar-refractivity contribution in [1.82, 2.24) is 0 Å². The van der Waals surface area contributed by atoms with Gasteiger partial charge in [0.2, 0.25) is 0 Å². The first-order chi connectivity index (χ1) is 6.14. The fraction of sp³-hybridized carbons (Fsp3) is 0.889. The van der Waals surface area contributed by atoms with Gasteiger partial charge in [0.1, 0.15) is 5.54 Å². The molecule has 0 aliphatic carbocycles. The third kappa shape index (κ3) is 1.51.